The van der Waals surface area contributed by atoms with Crippen LogP contribution in [0.15, 0.2) is 36.5 Å². The molecule has 5 nitrogen and oxygen atoms in total. The molecule has 2 heterocycles. The molecule has 2 aromatic heterocycles. The largest absolute Gasteiger partial charge is 0.391 e. The predicted molar refractivity (Wildman–Crippen MR) is 91.1 cm³/mol. The molecule has 5 heteroatoms. The van der Waals surface area contributed by atoms with Gasteiger partial charge in [0, 0.05) is 23.1 Å². The molecule has 0 aliphatic heterocycles. The maximum absolute atomic E-state index is 10.0. The molecule has 0 saturated carbocycles. The molecule has 0 amide bonds. The van der Waals surface area contributed by atoms with E-state index in [0.29, 0.717) is 13.0 Å². The Labute approximate surface area is 136 Å². The van der Waals surface area contributed by atoms with Crippen LogP contribution in [0.3, 0.4) is 0 Å². The van der Waals surface area contributed by atoms with Gasteiger partial charge in [0.1, 0.15) is 0 Å². The Kier molecular flexibility index (Phi) is 4.39. The summed E-state index contributed by atoms with van der Waals surface area (Å²) in [5.41, 5.74) is 1.95. The summed E-state index contributed by atoms with van der Waals surface area (Å²) < 4.78 is 1.82. The standard InChI is InChI=1S/C18H22N4O/c1-4-15(23)11-22-18(20-17(21-22)12(2)3)14-7-8-16-13(10-14)6-5-9-19-16/h5-10,12,15,23H,4,11H2,1-3H3. The summed E-state index contributed by atoms with van der Waals surface area (Å²) in [6, 6.07) is 10.0. The number of hydrogen-bond acceptors (Lipinski definition) is 4. The lowest BCUT2D eigenvalue weighted by molar-refractivity contribution is 0.145. The molecular weight excluding hydrogens is 288 g/mol. The summed E-state index contributed by atoms with van der Waals surface area (Å²) >= 11 is 0. The van der Waals surface area contributed by atoms with Crippen molar-refractivity contribution in [2.24, 2.45) is 0 Å². The van der Waals surface area contributed by atoms with Crippen LogP contribution in [0, 0.1) is 0 Å². The van der Waals surface area contributed by atoms with Crippen molar-refractivity contribution in [3.63, 3.8) is 0 Å². The van der Waals surface area contributed by atoms with Crippen LogP contribution in [0.2, 0.25) is 0 Å². The summed E-state index contributed by atoms with van der Waals surface area (Å²) in [6.07, 6.45) is 2.06. The minimum Gasteiger partial charge on any atom is -0.391 e. The van der Waals surface area contributed by atoms with Crippen LogP contribution in [0.4, 0.5) is 0 Å². The third kappa shape index (κ3) is 3.24. The van der Waals surface area contributed by atoms with Crippen LogP contribution < -0.4 is 0 Å². The molecule has 0 aliphatic carbocycles. The molecule has 23 heavy (non-hydrogen) atoms. The summed E-state index contributed by atoms with van der Waals surface area (Å²) in [5.74, 6) is 1.84. The fourth-order valence-electron chi connectivity index (χ4n) is 2.49. The van der Waals surface area contributed by atoms with Crippen molar-refractivity contribution in [3.05, 3.63) is 42.4 Å². The van der Waals surface area contributed by atoms with Crippen molar-refractivity contribution in [3.8, 4) is 11.4 Å². The Bertz CT molecular complexity index is 810. The van der Waals surface area contributed by atoms with Gasteiger partial charge < -0.3 is 5.11 Å². The van der Waals surface area contributed by atoms with Crippen LogP contribution in [-0.2, 0) is 6.54 Å². The number of aliphatic hydroxyl groups is 1. The van der Waals surface area contributed by atoms with Gasteiger partial charge in [0.25, 0.3) is 0 Å². The van der Waals surface area contributed by atoms with Crippen LogP contribution in [0.25, 0.3) is 22.3 Å². The van der Waals surface area contributed by atoms with E-state index in [9.17, 15) is 5.11 Å². The molecule has 1 aromatic carbocycles. The van der Waals surface area contributed by atoms with Crippen molar-refractivity contribution >= 4 is 10.9 Å². The van der Waals surface area contributed by atoms with E-state index in [2.05, 4.69) is 30.0 Å². The molecule has 0 fully saturated rings. The lowest BCUT2D eigenvalue weighted by Gasteiger charge is -2.10. The molecule has 0 aliphatic rings. The van der Waals surface area contributed by atoms with Gasteiger partial charge in [-0.3, -0.25) is 4.98 Å². The lowest BCUT2D eigenvalue weighted by atomic mass is 10.1. The number of rotatable bonds is 5. The highest BCUT2D eigenvalue weighted by Gasteiger charge is 2.16. The molecule has 0 bridgehead atoms. The SMILES string of the molecule is CCC(O)Cn1nc(C(C)C)nc1-c1ccc2ncccc2c1. The number of fused-ring (bicyclic) bond motifs is 1. The molecule has 3 rings (SSSR count). The van der Waals surface area contributed by atoms with Crippen LogP contribution in [0.1, 0.15) is 38.9 Å². The molecule has 1 unspecified atom stereocenters. The zero-order chi connectivity index (χ0) is 16.4. The van der Waals surface area contributed by atoms with Gasteiger partial charge in [0.05, 0.1) is 18.2 Å². The van der Waals surface area contributed by atoms with Crippen LogP contribution in [0.5, 0.6) is 0 Å². The van der Waals surface area contributed by atoms with Gasteiger partial charge in [-0.1, -0.05) is 26.8 Å². The summed E-state index contributed by atoms with van der Waals surface area (Å²) in [5, 5.41) is 15.7. The monoisotopic (exact) mass is 310 g/mol. The first kappa shape index (κ1) is 15.6. The third-order valence-electron chi connectivity index (χ3n) is 3.92. The van der Waals surface area contributed by atoms with E-state index in [-0.39, 0.29) is 5.92 Å². The van der Waals surface area contributed by atoms with Crippen molar-refractivity contribution in [1.82, 2.24) is 19.7 Å². The fourth-order valence-corrected chi connectivity index (χ4v) is 2.49. The molecule has 3 aromatic rings. The first-order valence-electron chi connectivity index (χ1n) is 8.06. The van der Waals surface area contributed by atoms with E-state index in [1.807, 2.05) is 35.9 Å². The van der Waals surface area contributed by atoms with Crippen LogP contribution in [-0.4, -0.2) is 31.0 Å². The van der Waals surface area contributed by atoms with E-state index < -0.39 is 6.10 Å². The first-order valence-corrected chi connectivity index (χ1v) is 8.06. The molecule has 1 atom stereocenters. The van der Waals surface area contributed by atoms with E-state index in [4.69, 9.17) is 4.98 Å². The molecule has 120 valence electrons. The molecular formula is C18H22N4O. The maximum Gasteiger partial charge on any atom is 0.158 e. The number of benzene rings is 1. The fraction of sp³-hybridized carbons (Fsp3) is 0.389. The quantitative estimate of drug-likeness (QED) is 0.784. The average Bonchev–Trinajstić information content (AvgIpc) is 2.98. The van der Waals surface area contributed by atoms with Gasteiger partial charge in [0.15, 0.2) is 11.6 Å². The Morgan fingerprint density at radius 1 is 1.22 bits per heavy atom. The molecule has 0 spiro atoms. The molecule has 1 N–H and O–H groups in total. The third-order valence-corrected chi connectivity index (χ3v) is 3.92. The number of aromatic nitrogens is 4. The van der Waals surface area contributed by atoms with Gasteiger partial charge >= 0.3 is 0 Å². The Morgan fingerprint density at radius 2 is 2.04 bits per heavy atom. The molecule has 0 saturated heterocycles. The van der Waals surface area contributed by atoms with Gasteiger partial charge in [-0.15, -0.1) is 0 Å². The number of aliphatic hydroxyl groups excluding tert-OH is 1. The highest BCUT2D eigenvalue weighted by molar-refractivity contribution is 5.83. The van der Waals surface area contributed by atoms with E-state index in [1.165, 1.54) is 0 Å². The van der Waals surface area contributed by atoms with Gasteiger partial charge in [0.2, 0.25) is 0 Å². The normalized spacial score (nSPS) is 12.9. The van der Waals surface area contributed by atoms with Gasteiger partial charge in [-0.25, -0.2) is 9.67 Å². The second-order valence-corrected chi connectivity index (χ2v) is 6.10. The van der Waals surface area contributed by atoms with Gasteiger partial charge in [-0.05, 0) is 30.7 Å². The predicted octanol–water partition coefficient (Wildman–Crippen LogP) is 3.39. The summed E-state index contributed by atoms with van der Waals surface area (Å²) in [7, 11) is 0. The van der Waals surface area contributed by atoms with Gasteiger partial charge in [-0.2, -0.15) is 5.10 Å². The minimum absolute atomic E-state index is 0.246. The Balaban J connectivity index is 2.08. The smallest absolute Gasteiger partial charge is 0.158 e. The zero-order valence-corrected chi connectivity index (χ0v) is 13.8. The highest BCUT2D eigenvalue weighted by atomic mass is 16.3. The maximum atomic E-state index is 10.0. The Morgan fingerprint density at radius 3 is 2.78 bits per heavy atom. The topological polar surface area (TPSA) is 63.8 Å². The second-order valence-electron chi connectivity index (χ2n) is 6.10. The van der Waals surface area contributed by atoms with Crippen LogP contribution >= 0.6 is 0 Å². The highest BCUT2D eigenvalue weighted by Crippen LogP contribution is 2.24. The zero-order valence-electron chi connectivity index (χ0n) is 13.8. The number of nitrogens with zero attached hydrogens (tertiary/aromatic N) is 4. The van der Waals surface area contributed by atoms with Crippen molar-refractivity contribution in [1.29, 1.82) is 0 Å². The van der Waals surface area contributed by atoms with Crippen molar-refractivity contribution in [2.75, 3.05) is 0 Å². The number of pyridine rings is 1. The minimum atomic E-state index is -0.419. The van der Waals surface area contributed by atoms with E-state index in [1.54, 1.807) is 6.20 Å². The summed E-state index contributed by atoms with van der Waals surface area (Å²) in [6.45, 7) is 6.57. The summed E-state index contributed by atoms with van der Waals surface area (Å²) in [4.78, 5) is 9.05. The average molecular weight is 310 g/mol. The molecule has 0 radical (unpaired) electrons. The second kappa shape index (κ2) is 6.46. The lowest BCUT2D eigenvalue weighted by Crippen LogP contribution is -2.17. The Hall–Kier alpha value is -2.27. The van der Waals surface area contributed by atoms with Crippen molar-refractivity contribution in [2.45, 2.75) is 45.8 Å². The number of hydrogen-bond donors (Lipinski definition) is 1. The van der Waals surface area contributed by atoms with Crippen molar-refractivity contribution < 1.29 is 5.11 Å². The van der Waals surface area contributed by atoms with E-state index in [0.717, 1.165) is 28.1 Å². The first-order chi connectivity index (χ1) is 11.1. The van der Waals surface area contributed by atoms with E-state index >= 15 is 0 Å².